The quantitative estimate of drug-likeness (QED) is 0.230. The standard InChI is InChI=1S/C38H25N3/c1-3-13-26(14-4-1)28-23-29(27-15-5-2-6-16-27)25-30(24-28)37-33-19-7-10-20-34(33)39-38(40-37)41-35-21-11-8-17-31(35)32-18-9-12-22-36(32)41/h1-25H. The number of aromatic nitrogens is 3. The van der Waals surface area contributed by atoms with Crippen molar-refractivity contribution in [1.82, 2.24) is 14.5 Å². The molecule has 0 aliphatic carbocycles. The van der Waals surface area contributed by atoms with Gasteiger partial charge in [0.1, 0.15) is 0 Å². The summed E-state index contributed by atoms with van der Waals surface area (Å²) in [5.41, 5.74) is 9.75. The van der Waals surface area contributed by atoms with E-state index in [-0.39, 0.29) is 0 Å². The molecule has 0 fully saturated rings. The summed E-state index contributed by atoms with van der Waals surface area (Å²) < 4.78 is 2.19. The van der Waals surface area contributed by atoms with Gasteiger partial charge >= 0.3 is 0 Å². The van der Waals surface area contributed by atoms with Crippen molar-refractivity contribution in [2.24, 2.45) is 0 Å². The van der Waals surface area contributed by atoms with E-state index in [0.29, 0.717) is 5.95 Å². The van der Waals surface area contributed by atoms with E-state index in [0.717, 1.165) is 44.3 Å². The van der Waals surface area contributed by atoms with Gasteiger partial charge in [0.25, 0.3) is 0 Å². The van der Waals surface area contributed by atoms with E-state index in [1.54, 1.807) is 0 Å². The number of benzene rings is 6. The molecule has 8 aromatic rings. The molecule has 2 aromatic heterocycles. The number of para-hydroxylation sites is 3. The van der Waals surface area contributed by atoms with Gasteiger partial charge in [-0.3, -0.25) is 4.57 Å². The maximum atomic E-state index is 5.34. The Morgan fingerprint density at radius 1 is 0.366 bits per heavy atom. The predicted octanol–water partition coefficient (Wildman–Crippen LogP) is 9.73. The molecule has 3 heteroatoms. The summed E-state index contributed by atoms with van der Waals surface area (Å²) in [7, 11) is 0. The molecule has 0 saturated heterocycles. The topological polar surface area (TPSA) is 30.7 Å². The van der Waals surface area contributed by atoms with Crippen molar-refractivity contribution in [3.8, 4) is 39.5 Å². The van der Waals surface area contributed by atoms with Gasteiger partial charge in [0, 0.05) is 21.7 Å². The Balaban J connectivity index is 1.44. The van der Waals surface area contributed by atoms with Crippen molar-refractivity contribution in [2.45, 2.75) is 0 Å². The molecule has 0 atom stereocenters. The van der Waals surface area contributed by atoms with Gasteiger partial charge in [0.15, 0.2) is 0 Å². The Hall–Kier alpha value is -5.54. The largest absolute Gasteiger partial charge is 0.278 e. The smallest absolute Gasteiger partial charge is 0.235 e. The lowest BCUT2D eigenvalue weighted by atomic mass is 9.94. The van der Waals surface area contributed by atoms with Gasteiger partial charge in [-0.25, -0.2) is 9.97 Å². The molecule has 3 nitrogen and oxygen atoms in total. The summed E-state index contributed by atoms with van der Waals surface area (Å²) in [4.78, 5) is 10.5. The first-order valence-electron chi connectivity index (χ1n) is 13.9. The van der Waals surface area contributed by atoms with Gasteiger partial charge in [0.05, 0.1) is 22.2 Å². The summed E-state index contributed by atoms with van der Waals surface area (Å²) in [5.74, 6) is 0.669. The molecule has 0 N–H and O–H groups in total. The fraction of sp³-hybridized carbons (Fsp3) is 0. The van der Waals surface area contributed by atoms with Crippen LogP contribution in [-0.4, -0.2) is 14.5 Å². The van der Waals surface area contributed by atoms with Crippen LogP contribution in [0.3, 0.4) is 0 Å². The summed E-state index contributed by atoms with van der Waals surface area (Å²) in [6, 6.07) is 53.2. The Morgan fingerprint density at radius 3 is 1.41 bits per heavy atom. The van der Waals surface area contributed by atoms with Gasteiger partial charge in [-0.05, 0) is 58.7 Å². The fourth-order valence-electron chi connectivity index (χ4n) is 5.88. The van der Waals surface area contributed by atoms with Crippen LogP contribution in [0.1, 0.15) is 0 Å². The summed E-state index contributed by atoms with van der Waals surface area (Å²) >= 11 is 0. The molecule has 0 saturated carbocycles. The third-order valence-corrected chi connectivity index (χ3v) is 7.79. The molecule has 0 bridgehead atoms. The third kappa shape index (κ3) is 3.98. The monoisotopic (exact) mass is 523 g/mol. The molecule has 41 heavy (non-hydrogen) atoms. The molecule has 192 valence electrons. The van der Waals surface area contributed by atoms with Crippen LogP contribution < -0.4 is 0 Å². The Labute approximate surface area is 238 Å². The summed E-state index contributed by atoms with van der Waals surface area (Å²) in [5, 5.41) is 3.42. The highest BCUT2D eigenvalue weighted by atomic mass is 15.2. The lowest BCUT2D eigenvalue weighted by Crippen LogP contribution is -2.03. The van der Waals surface area contributed by atoms with Crippen molar-refractivity contribution in [2.75, 3.05) is 0 Å². The fourth-order valence-corrected chi connectivity index (χ4v) is 5.88. The minimum atomic E-state index is 0.669. The van der Waals surface area contributed by atoms with Crippen LogP contribution in [0.5, 0.6) is 0 Å². The lowest BCUT2D eigenvalue weighted by Gasteiger charge is -2.14. The highest BCUT2D eigenvalue weighted by molar-refractivity contribution is 6.09. The molecule has 0 radical (unpaired) electrons. The predicted molar refractivity (Wildman–Crippen MR) is 170 cm³/mol. The van der Waals surface area contributed by atoms with Crippen molar-refractivity contribution in [1.29, 1.82) is 0 Å². The highest BCUT2D eigenvalue weighted by Gasteiger charge is 2.18. The molecule has 2 heterocycles. The second kappa shape index (κ2) is 9.58. The molecular formula is C38H25N3. The Bertz CT molecular complexity index is 2080. The lowest BCUT2D eigenvalue weighted by molar-refractivity contribution is 1.01. The van der Waals surface area contributed by atoms with Crippen LogP contribution in [0, 0.1) is 0 Å². The van der Waals surface area contributed by atoms with Crippen molar-refractivity contribution in [3.05, 3.63) is 152 Å². The van der Waals surface area contributed by atoms with Crippen LogP contribution in [-0.2, 0) is 0 Å². The van der Waals surface area contributed by atoms with E-state index in [1.165, 1.54) is 21.9 Å². The molecule has 0 aliphatic rings. The third-order valence-electron chi connectivity index (χ3n) is 7.79. The van der Waals surface area contributed by atoms with Gasteiger partial charge in [-0.2, -0.15) is 0 Å². The zero-order valence-corrected chi connectivity index (χ0v) is 22.3. The molecule has 0 unspecified atom stereocenters. The Kier molecular flexibility index (Phi) is 5.46. The van der Waals surface area contributed by atoms with Crippen LogP contribution in [0.2, 0.25) is 0 Å². The van der Waals surface area contributed by atoms with Crippen molar-refractivity contribution in [3.63, 3.8) is 0 Å². The van der Waals surface area contributed by atoms with E-state index < -0.39 is 0 Å². The van der Waals surface area contributed by atoms with E-state index >= 15 is 0 Å². The van der Waals surface area contributed by atoms with Crippen LogP contribution in [0.15, 0.2) is 152 Å². The first kappa shape index (κ1) is 23.4. The summed E-state index contributed by atoms with van der Waals surface area (Å²) in [6.45, 7) is 0. The van der Waals surface area contributed by atoms with Crippen LogP contribution in [0.4, 0.5) is 0 Å². The first-order chi connectivity index (χ1) is 20.3. The second-order valence-electron chi connectivity index (χ2n) is 10.3. The van der Waals surface area contributed by atoms with Gasteiger partial charge in [-0.15, -0.1) is 0 Å². The molecule has 0 spiro atoms. The normalized spacial score (nSPS) is 11.4. The maximum Gasteiger partial charge on any atom is 0.235 e. The number of rotatable bonds is 4. The average molecular weight is 524 g/mol. The Morgan fingerprint density at radius 2 is 0.829 bits per heavy atom. The molecule has 8 rings (SSSR count). The number of nitrogens with zero attached hydrogens (tertiary/aromatic N) is 3. The molecule has 0 aliphatic heterocycles. The van der Waals surface area contributed by atoms with E-state index in [2.05, 4.69) is 150 Å². The number of fused-ring (bicyclic) bond motifs is 4. The zero-order valence-electron chi connectivity index (χ0n) is 22.3. The molecule has 6 aromatic carbocycles. The first-order valence-corrected chi connectivity index (χ1v) is 13.9. The maximum absolute atomic E-state index is 5.34. The zero-order chi connectivity index (χ0) is 27.2. The van der Waals surface area contributed by atoms with Crippen LogP contribution in [0.25, 0.3) is 72.2 Å². The van der Waals surface area contributed by atoms with E-state index in [9.17, 15) is 0 Å². The SMILES string of the molecule is c1ccc(-c2cc(-c3ccccc3)cc(-c3nc(-n4c5ccccc5c5ccccc54)nc4ccccc34)c2)cc1. The van der Waals surface area contributed by atoms with Gasteiger partial charge in [-0.1, -0.05) is 115 Å². The number of hydrogen-bond acceptors (Lipinski definition) is 2. The average Bonchev–Trinajstić information content (AvgIpc) is 3.39. The van der Waals surface area contributed by atoms with E-state index in [1.807, 2.05) is 6.07 Å². The highest BCUT2D eigenvalue weighted by Crippen LogP contribution is 2.36. The second-order valence-corrected chi connectivity index (χ2v) is 10.3. The van der Waals surface area contributed by atoms with Crippen molar-refractivity contribution >= 4 is 32.7 Å². The molecule has 0 amide bonds. The minimum Gasteiger partial charge on any atom is -0.278 e. The molecular weight excluding hydrogens is 498 g/mol. The van der Waals surface area contributed by atoms with Gasteiger partial charge in [0.2, 0.25) is 5.95 Å². The summed E-state index contributed by atoms with van der Waals surface area (Å²) in [6.07, 6.45) is 0. The van der Waals surface area contributed by atoms with Crippen molar-refractivity contribution < 1.29 is 0 Å². The van der Waals surface area contributed by atoms with Gasteiger partial charge < -0.3 is 0 Å². The number of hydrogen-bond donors (Lipinski definition) is 0. The minimum absolute atomic E-state index is 0.669. The van der Waals surface area contributed by atoms with Crippen LogP contribution >= 0.6 is 0 Å². The van der Waals surface area contributed by atoms with E-state index in [4.69, 9.17) is 9.97 Å².